The van der Waals surface area contributed by atoms with Crippen molar-refractivity contribution in [3.05, 3.63) is 158 Å². The summed E-state index contributed by atoms with van der Waals surface area (Å²) in [5, 5.41) is 1.81. The van der Waals surface area contributed by atoms with Crippen LogP contribution < -0.4 is 9.47 Å². The molecule has 11 heteroatoms. The Balaban J connectivity index is 0.00000541. The van der Waals surface area contributed by atoms with Crippen LogP contribution in [0.2, 0.25) is 15.1 Å². The molecule has 1 fully saturated rings. The molecule has 276 valence electrons. The van der Waals surface area contributed by atoms with Gasteiger partial charge >= 0.3 is 0 Å². The Labute approximate surface area is 332 Å². The molecule has 0 N–H and O–H groups in total. The summed E-state index contributed by atoms with van der Waals surface area (Å²) in [6.07, 6.45) is 5.87. The van der Waals surface area contributed by atoms with Crippen molar-refractivity contribution in [2.75, 3.05) is 32.8 Å². The lowest BCUT2D eigenvalue weighted by Crippen LogP contribution is -2.47. The Morgan fingerprint density at radius 3 is 2.23 bits per heavy atom. The molecule has 1 aliphatic heterocycles. The number of aryl methyl sites for hydroxylation is 1. The third-order valence-electron chi connectivity index (χ3n) is 8.77. The number of amides is 1. The van der Waals surface area contributed by atoms with Gasteiger partial charge in [0.05, 0.1) is 24.4 Å². The first-order chi connectivity index (χ1) is 25.3. The van der Waals surface area contributed by atoms with Gasteiger partial charge in [-0.2, -0.15) is 0 Å². The van der Waals surface area contributed by atoms with Gasteiger partial charge < -0.3 is 19.1 Å². The first kappa shape index (κ1) is 40.1. The van der Waals surface area contributed by atoms with Crippen LogP contribution in [0.25, 0.3) is 6.08 Å². The molecule has 0 unspecified atom stereocenters. The van der Waals surface area contributed by atoms with Gasteiger partial charge in [-0.1, -0.05) is 89.4 Å². The maximum absolute atomic E-state index is 13.0. The van der Waals surface area contributed by atoms with Crippen molar-refractivity contribution >= 4 is 59.2 Å². The number of carbonyl (C=O) groups excluding carboxylic acids is 1. The zero-order valence-electron chi connectivity index (χ0n) is 29.4. The van der Waals surface area contributed by atoms with Gasteiger partial charge in [0.1, 0.15) is 12.4 Å². The lowest BCUT2D eigenvalue weighted by Gasteiger charge is -2.34. The lowest BCUT2D eigenvalue weighted by molar-refractivity contribution is -0.127. The molecule has 0 spiro atoms. The van der Waals surface area contributed by atoms with Crippen LogP contribution in [0.15, 0.2) is 109 Å². The summed E-state index contributed by atoms with van der Waals surface area (Å²) >= 11 is 18.8. The van der Waals surface area contributed by atoms with Gasteiger partial charge in [-0.05, 0) is 83.6 Å². The number of aromatic nitrogens is 1. The standard InChI is InChI=1S/C42H40Cl3N3O4.ClH/c1-30-24-34(25-39(45)42(30)52-40-16-15-37(26-46-40)51-29-35-4-2-3-5-38(35)44)12-17-41(49)48-21-19-47(20-22-48)27-32-8-6-31(7-9-32)18-23-50-28-33-10-13-36(43)14-11-33;/h2-17,24-26H,18-23,27-29H2,1H3;1H/b17-12+;. The molecule has 0 aliphatic carbocycles. The summed E-state index contributed by atoms with van der Waals surface area (Å²) in [5.74, 6) is 1.47. The maximum atomic E-state index is 13.0. The second-order valence-corrected chi connectivity index (χ2v) is 13.9. The predicted octanol–water partition coefficient (Wildman–Crippen LogP) is 10.3. The van der Waals surface area contributed by atoms with E-state index in [4.69, 9.17) is 49.0 Å². The van der Waals surface area contributed by atoms with Crippen molar-refractivity contribution in [1.29, 1.82) is 0 Å². The summed E-state index contributed by atoms with van der Waals surface area (Å²) < 4.78 is 17.7. The number of carbonyl (C=O) groups is 1. The molecular formula is C42H41Cl4N3O4. The molecular weight excluding hydrogens is 752 g/mol. The number of piperazine rings is 1. The zero-order valence-corrected chi connectivity index (χ0v) is 32.4. The number of ether oxygens (including phenoxy) is 3. The summed E-state index contributed by atoms with van der Waals surface area (Å²) in [6.45, 7) is 7.33. The topological polar surface area (TPSA) is 64.1 Å². The number of hydrogen-bond donors (Lipinski definition) is 0. The van der Waals surface area contributed by atoms with E-state index < -0.39 is 0 Å². The largest absolute Gasteiger partial charge is 0.487 e. The molecule has 1 aromatic heterocycles. The molecule has 0 bridgehead atoms. The molecule has 0 atom stereocenters. The molecule has 6 rings (SSSR count). The van der Waals surface area contributed by atoms with E-state index in [9.17, 15) is 4.79 Å². The van der Waals surface area contributed by atoms with Crippen LogP contribution in [0, 0.1) is 6.92 Å². The predicted molar refractivity (Wildman–Crippen MR) is 216 cm³/mol. The molecule has 1 amide bonds. The number of hydrogen-bond acceptors (Lipinski definition) is 6. The Bertz CT molecular complexity index is 1940. The van der Waals surface area contributed by atoms with E-state index in [0.717, 1.165) is 53.3 Å². The van der Waals surface area contributed by atoms with Crippen LogP contribution in [0.1, 0.15) is 33.4 Å². The van der Waals surface area contributed by atoms with E-state index in [1.165, 1.54) is 11.1 Å². The highest BCUT2D eigenvalue weighted by Gasteiger charge is 2.20. The average molecular weight is 794 g/mol. The second kappa shape index (κ2) is 19.8. The fourth-order valence-electron chi connectivity index (χ4n) is 5.81. The SMILES string of the molecule is Cc1cc(/C=C/C(=O)N2CCN(Cc3ccc(CCOCc4ccc(Cl)cc4)cc3)CC2)cc(Cl)c1Oc1ccc(OCc2ccccc2Cl)cn1.Cl. The van der Waals surface area contributed by atoms with Gasteiger partial charge in [0, 0.05) is 60.5 Å². The Kier molecular flexibility index (Phi) is 15.0. The molecule has 1 aliphatic rings. The third-order valence-corrected chi connectivity index (χ3v) is 9.67. The Morgan fingerprint density at radius 1 is 0.811 bits per heavy atom. The number of benzene rings is 4. The van der Waals surface area contributed by atoms with Crippen LogP contribution in [0.4, 0.5) is 0 Å². The summed E-state index contributed by atoms with van der Waals surface area (Å²) in [7, 11) is 0. The van der Waals surface area contributed by atoms with Gasteiger partial charge in [0.15, 0.2) is 5.75 Å². The Hall–Kier alpha value is -4.08. The van der Waals surface area contributed by atoms with Gasteiger partial charge in [0.2, 0.25) is 11.8 Å². The maximum Gasteiger partial charge on any atom is 0.246 e. The molecule has 0 saturated carbocycles. The molecule has 2 heterocycles. The minimum absolute atomic E-state index is 0. The molecule has 0 radical (unpaired) electrons. The number of nitrogens with zero attached hydrogens (tertiary/aromatic N) is 3. The molecule has 53 heavy (non-hydrogen) atoms. The van der Waals surface area contributed by atoms with E-state index in [1.807, 2.05) is 66.4 Å². The van der Waals surface area contributed by atoms with Crippen LogP contribution in [-0.2, 0) is 35.7 Å². The molecule has 4 aromatic carbocycles. The van der Waals surface area contributed by atoms with Crippen molar-refractivity contribution in [2.24, 2.45) is 0 Å². The quantitative estimate of drug-likeness (QED) is 0.0824. The normalized spacial score (nSPS) is 13.2. The highest BCUT2D eigenvalue weighted by molar-refractivity contribution is 6.32. The minimum atomic E-state index is -0.0163. The molecule has 5 aromatic rings. The number of rotatable bonds is 14. The van der Waals surface area contributed by atoms with E-state index in [1.54, 1.807) is 36.5 Å². The van der Waals surface area contributed by atoms with E-state index in [2.05, 4.69) is 34.1 Å². The van der Waals surface area contributed by atoms with Crippen molar-refractivity contribution in [3.63, 3.8) is 0 Å². The molecule has 1 saturated heterocycles. The van der Waals surface area contributed by atoms with Crippen molar-refractivity contribution in [3.8, 4) is 17.4 Å². The number of halogens is 4. The van der Waals surface area contributed by atoms with E-state index in [0.29, 0.717) is 60.3 Å². The highest BCUT2D eigenvalue weighted by Crippen LogP contribution is 2.34. The van der Waals surface area contributed by atoms with Crippen LogP contribution in [0.3, 0.4) is 0 Å². The van der Waals surface area contributed by atoms with Crippen LogP contribution in [-0.4, -0.2) is 53.5 Å². The van der Waals surface area contributed by atoms with E-state index in [-0.39, 0.29) is 18.3 Å². The van der Waals surface area contributed by atoms with Gasteiger partial charge in [-0.3, -0.25) is 9.69 Å². The summed E-state index contributed by atoms with van der Waals surface area (Å²) in [5.41, 5.74) is 6.16. The fraction of sp³-hybridized carbons (Fsp3) is 0.238. The van der Waals surface area contributed by atoms with Crippen LogP contribution >= 0.6 is 47.2 Å². The van der Waals surface area contributed by atoms with Crippen molar-refractivity contribution < 1.29 is 19.0 Å². The highest BCUT2D eigenvalue weighted by atomic mass is 35.5. The zero-order chi connectivity index (χ0) is 36.3. The lowest BCUT2D eigenvalue weighted by atomic mass is 10.1. The first-order valence-corrected chi connectivity index (χ1v) is 18.3. The molecule has 7 nitrogen and oxygen atoms in total. The third kappa shape index (κ3) is 12.0. The summed E-state index contributed by atoms with van der Waals surface area (Å²) in [6, 6.07) is 31.2. The van der Waals surface area contributed by atoms with Crippen molar-refractivity contribution in [2.45, 2.75) is 33.1 Å². The van der Waals surface area contributed by atoms with Crippen molar-refractivity contribution in [1.82, 2.24) is 14.8 Å². The minimum Gasteiger partial charge on any atom is -0.487 e. The monoisotopic (exact) mass is 791 g/mol. The fourth-order valence-corrected chi connectivity index (χ4v) is 6.44. The van der Waals surface area contributed by atoms with Gasteiger partial charge in [-0.25, -0.2) is 4.98 Å². The smallest absolute Gasteiger partial charge is 0.246 e. The average Bonchev–Trinajstić information content (AvgIpc) is 3.16. The summed E-state index contributed by atoms with van der Waals surface area (Å²) in [4.78, 5) is 21.7. The van der Waals surface area contributed by atoms with Gasteiger partial charge in [0.25, 0.3) is 0 Å². The first-order valence-electron chi connectivity index (χ1n) is 17.2. The number of pyridine rings is 1. The van der Waals surface area contributed by atoms with Gasteiger partial charge in [-0.15, -0.1) is 12.4 Å². The van der Waals surface area contributed by atoms with E-state index >= 15 is 0 Å². The Morgan fingerprint density at radius 2 is 1.53 bits per heavy atom. The van der Waals surface area contributed by atoms with Crippen LogP contribution in [0.5, 0.6) is 17.4 Å². The second-order valence-electron chi connectivity index (χ2n) is 12.6.